The highest BCUT2D eigenvalue weighted by Gasteiger charge is 2.42. The molecule has 0 saturated heterocycles. The van der Waals surface area contributed by atoms with E-state index in [1.54, 1.807) is 7.11 Å². The highest BCUT2D eigenvalue weighted by Crippen LogP contribution is 2.38. The minimum absolute atomic E-state index is 0.0521. The Labute approximate surface area is 116 Å². The normalized spacial score (nSPS) is 19.4. The van der Waals surface area contributed by atoms with Crippen LogP contribution in [0.2, 0.25) is 0 Å². The maximum atomic E-state index is 6.33. The van der Waals surface area contributed by atoms with E-state index < -0.39 is 0 Å². The van der Waals surface area contributed by atoms with Crippen LogP contribution in [-0.4, -0.2) is 28.5 Å². The van der Waals surface area contributed by atoms with Crippen molar-refractivity contribution < 1.29 is 4.74 Å². The molecule has 19 heavy (non-hydrogen) atoms. The molecule has 2 N–H and O–H groups in total. The molecule has 0 amide bonds. The molecule has 2 rings (SSSR count). The number of rotatable bonds is 7. The van der Waals surface area contributed by atoms with Crippen molar-refractivity contribution in [1.82, 2.24) is 9.78 Å². The van der Waals surface area contributed by atoms with Gasteiger partial charge in [-0.1, -0.05) is 13.8 Å². The summed E-state index contributed by atoms with van der Waals surface area (Å²) in [4.78, 5) is 0. The van der Waals surface area contributed by atoms with Gasteiger partial charge >= 0.3 is 0 Å². The first-order valence-electron chi connectivity index (χ1n) is 7.50. The predicted molar refractivity (Wildman–Crippen MR) is 77.1 cm³/mol. The van der Waals surface area contributed by atoms with Crippen LogP contribution in [0.3, 0.4) is 0 Å². The van der Waals surface area contributed by atoms with Gasteiger partial charge in [0.1, 0.15) is 0 Å². The van der Waals surface area contributed by atoms with Gasteiger partial charge in [-0.05, 0) is 38.2 Å². The van der Waals surface area contributed by atoms with Gasteiger partial charge in [0.05, 0.1) is 17.3 Å². The van der Waals surface area contributed by atoms with Crippen LogP contribution in [0.4, 0.5) is 0 Å². The van der Waals surface area contributed by atoms with E-state index in [1.165, 1.54) is 6.42 Å². The first kappa shape index (κ1) is 14.5. The third-order valence-corrected chi connectivity index (χ3v) is 4.69. The molecule has 0 bridgehead atoms. The zero-order valence-electron chi connectivity index (χ0n) is 12.4. The molecule has 4 heteroatoms. The fourth-order valence-corrected chi connectivity index (χ4v) is 3.02. The number of aromatic nitrogens is 2. The van der Waals surface area contributed by atoms with Gasteiger partial charge in [-0.25, -0.2) is 0 Å². The molecular weight excluding hydrogens is 238 g/mol. The Morgan fingerprint density at radius 3 is 2.58 bits per heavy atom. The Kier molecular flexibility index (Phi) is 4.63. The van der Waals surface area contributed by atoms with Gasteiger partial charge in [0, 0.05) is 25.8 Å². The monoisotopic (exact) mass is 265 g/mol. The number of hydrogen-bond donors (Lipinski definition) is 1. The van der Waals surface area contributed by atoms with Crippen molar-refractivity contribution in [3.8, 4) is 0 Å². The van der Waals surface area contributed by atoms with Gasteiger partial charge < -0.3 is 10.5 Å². The van der Waals surface area contributed by atoms with Crippen LogP contribution in [-0.2, 0) is 11.2 Å². The second kappa shape index (κ2) is 6.06. The fourth-order valence-electron chi connectivity index (χ4n) is 3.02. The van der Waals surface area contributed by atoms with Crippen molar-refractivity contribution in [1.29, 1.82) is 0 Å². The molecule has 1 atom stereocenters. The number of hydrogen-bond acceptors (Lipinski definition) is 3. The van der Waals surface area contributed by atoms with Crippen LogP contribution < -0.4 is 5.73 Å². The third kappa shape index (κ3) is 2.84. The lowest BCUT2D eigenvalue weighted by atomic mass is 9.73. The summed E-state index contributed by atoms with van der Waals surface area (Å²) in [5.74, 6) is 0. The van der Waals surface area contributed by atoms with Crippen LogP contribution in [0, 0.1) is 0 Å². The fraction of sp³-hybridized carbons (Fsp3) is 0.800. The van der Waals surface area contributed by atoms with Crippen LogP contribution >= 0.6 is 0 Å². The van der Waals surface area contributed by atoms with Crippen molar-refractivity contribution in [2.75, 3.05) is 7.11 Å². The Balaban J connectivity index is 1.99. The molecule has 0 radical (unpaired) electrons. The highest BCUT2D eigenvalue weighted by molar-refractivity contribution is 5.08. The van der Waals surface area contributed by atoms with E-state index in [-0.39, 0.29) is 11.6 Å². The van der Waals surface area contributed by atoms with Gasteiger partial charge in [-0.3, -0.25) is 4.68 Å². The molecule has 4 nitrogen and oxygen atoms in total. The largest absolute Gasteiger partial charge is 0.377 e. The summed E-state index contributed by atoms with van der Waals surface area (Å²) >= 11 is 0. The van der Waals surface area contributed by atoms with Crippen LogP contribution in [0.1, 0.15) is 57.7 Å². The zero-order valence-corrected chi connectivity index (χ0v) is 12.4. The van der Waals surface area contributed by atoms with Gasteiger partial charge in [0.2, 0.25) is 0 Å². The molecule has 1 saturated carbocycles. The average Bonchev–Trinajstić information content (AvgIpc) is 2.78. The van der Waals surface area contributed by atoms with E-state index in [0.717, 1.165) is 37.8 Å². The predicted octanol–water partition coefficient (Wildman–Crippen LogP) is 2.68. The van der Waals surface area contributed by atoms with Crippen molar-refractivity contribution in [3.63, 3.8) is 0 Å². The van der Waals surface area contributed by atoms with E-state index in [1.807, 2.05) is 0 Å². The molecular formula is C15H27N3O. The molecule has 1 unspecified atom stereocenters. The Morgan fingerprint density at radius 1 is 1.42 bits per heavy atom. The Morgan fingerprint density at radius 2 is 2.11 bits per heavy atom. The van der Waals surface area contributed by atoms with Crippen molar-refractivity contribution in [2.45, 2.75) is 70.1 Å². The first-order chi connectivity index (χ1) is 9.15. The zero-order chi connectivity index (χ0) is 13.9. The summed E-state index contributed by atoms with van der Waals surface area (Å²) in [7, 11) is 1.78. The van der Waals surface area contributed by atoms with Crippen LogP contribution in [0.5, 0.6) is 0 Å². The second-order valence-corrected chi connectivity index (χ2v) is 5.69. The van der Waals surface area contributed by atoms with E-state index in [4.69, 9.17) is 10.5 Å². The molecule has 1 aliphatic carbocycles. The van der Waals surface area contributed by atoms with Crippen molar-refractivity contribution in [2.24, 2.45) is 5.73 Å². The molecule has 1 aliphatic rings. The third-order valence-electron chi connectivity index (χ3n) is 4.69. The van der Waals surface area contributed by atoms with Gasteiger partial charge in [-0.15, -0.1) is 0 Å². The average molecular weight is 265 g/mol. The quantitative estimate of drug-likeness (QED) is 0.824. The first-order valence-corrected chi connectivity index (χ1v) is 7.50. The van der Waals surface area contributed by atoms with E-state index in [9.17, 15) is 0 Å². The van der Waals surface area contributed by atoms with Gasteiger partial charge in [0.25, 0.3) is 0 Å². The molecule has 0 aliphatic heterocycles. The lowest BCUT2D eigenvalue weighted by Gasteiger charge is -2.44. The second-order valence-electron chi connectivity index (χ2n) is 5.69. The maximum Gasteiger partial charge on any atom is 0.0832 e. The standard InChI is InChI=1S/C15H27N3O/c1-4-13(5-2)18-10-7-12(17-18)11-14(16)15(19-3)8-6-9-15/h7,10,13-14H,4-6,8-9,11,16H2,1-3H3. The van der Waals surface area contributed by atoms with E-state index >= 15 is 0 Å². The SMILES string of the molecule is CCC(CC)n1ccc(CC(N)C2(OC)CCC2)n1. The lowest BCUT2D eigenvalue weighted by Crippen LogP contribution is -2.55. The molecule has 1 fully saturated rings. The Bertz CT molecular complexity index is 388. The maximum absolute atomic E-state index is 6.33. The van der Waals surface area contributed by atoms with E-state index in [0.29, 0.717) is 6.04 Å². The molecule has 0 aromatic carbocycles. The van der Waals surface area contributed by atoms with Gasteiger partial charge in [0.15, 0.2) is 0 Å². The van der Waals surface area contributed by atoms with Crippen LogP contribution in [0.25, 0.3) is 0 Å². The molecule has 1 heterocycles. The highest BCUT2D eigenvalue weighted by atomic mass is 16.5. The summed E-state index contributed by atoms with van der Waals surface area (Å²) in [6.07, 6.45) is 8.51. The van der Waals surface area contributed by atoms with Crippen LogP contribution in [0.15, 0.2) is 12.3 Å². The Hall–Kier alpha value is -0.870. The minimum Gasteiger partial charge on any atom is -0.377 e. The summed E-state index contributed by atoms with van der Waals surface area (Å²) < 4.78 is 7.73. The lowest BCUT2D eigenvalue weighted by molar-refractivity contribution is -0.0898. The molecule has 108 valence electrons. The summed E-state index contributed by atoms with van der Waals surface area (Å²) in [6, 6.07) is 2.65. The number of methoxy groups -OCH3 is 1. The van der Waals surface area contributed by atoms with Crippen molar-refractivity contribution >= 4 is 0 Å². The van der Waals surface area contributed by atoms with Crippen molar-refractivity contribution in [3.05, 3.63) is 18.0 Å². The smallest absolute Gasteiger partial charge is 0.0832 e. The van der Waals surface area contributed by atoms with E-state index in [2.05, 4.69) is 35.9 Å². The number of ether oxygens (including phenoxy) is 1. The topological polar surface area (TPSA) is 53.1 Å². The number of nitrogens with two attached hydrogens (primary N) is 1. The molecule has 1 aromatic heterocycles. The van der Waals surface area contributed by atoms with Gasteiger partial charge in [-0.2, -0.15) is 5.10 Å². The minimum atomic E-state index is -0.0985. The number of nitrogens with zero attached hydrogens (tertiary/aromatic N) is 2. The molecule has 1 aromatic rings. The molecule has 0 spiro atoms. The summed E-state index contributed by atoms with van der Waals surface area (Å²) in [5, 5.41) is 4.68. The summed E-state index contributed by atoms with van der Waals surface area (Å²) in [6.45, 7) is 4.41. The summed E-state index contributed by atoms with van der Waals surface area (Å²) in [5.41, 5.74) is 7.32.